The zero-order valence-electron chi connectivity index (χ0n) is 16.8. The first-order valence-corrected chi connectivity index (χ1v) is 10.2. The molecule has 1 aromatic rings. The molecular formula is C21H31N3O4. The van der Waals surface area contributed by atoms with Crippen molar-refractivity contribution in [3.8, 4) is 5.75 Å². The van der Waals surface area contributed by atoms with Gasteiger partial charge < -0.3 is 20.1 Å². The molecule has 2 aliphatic heterocycles. The second kappa shape index (κ2) is 9.89. The molecule has 2 aliphatic rings. The molecule has 1 unspecified atom stereocenters. The van der Waals surface area contributed by atoms with Crippen LogP contribution >= 0.6 is 0 Å². The molecule has 3 rings (SSSR count). The van der Waals surface area contributed by atoms with E-state index in [4.69, 9.17) is 9.47 Å². The minimum atomic E-state index is -0.118. The lowest BCUT2D eigenvalue weighted by Crippen LogP contribution is -2.49. The highest BCUT2D eigenvalue weighted by Gasteiger charge is 2.22. The molecule has 1 saturated heterocycles. The number of nitrogens with zero attached hydrogens (tertiary/aromatic N) is 1. The van der Waals surface area contributed by atoms with Gasteiger partial charge in [0.15, 0.2) is 6.61 Å². The van der Waals surface area contributed by atoms with Crippen molar-refractivity contribution in [2.45, 2.75) is 39.2 Å². The van der Waals surface area contributed by atoms with Gasteiger partial charge >= 0.3 is 0 Å². The third-order valence-electron chi connectivity index (χ3n) is 5.18. The molecule has 2 N–H and O–H groups in total. The number of carbonyl (C=O) groups is 2. The van der Waals surface area contributed by atoms with Crippen molar-refractivity contribution < 1.29 is 19.1 Å². The smallest absolute Gasteiger partial charge is 0.257 e. The Balaban J connectivity index is 1.47. The van der Waals surface area contributed by atoms with Gasteiger partial charge in [0.25, 0.3) is 5.91 Å². The van der Waals surface area contributed by atoms with Crippen LogP contribution in [0.2, 0.25) is 0 Å². The Morgan fingerprint density at radius 1 is 1.29 bits per heavy atom. The van der Waals surface area contributed by atoms with Crippen molar-refractivity contribution in [3.05, 3.63) is 23.8 Å². The van der Waals surface area contributed by atoms with E-state index in [0.717, 1.165) is 44.0 Å². The first-order valence-electron chi connectivity index (χ1n) is 10.2. The zero-order valence-corrected chi connectivity index (χ0v) is 16.8. The molecule has 0 saturated carbocycles. The van der Waals surface area contributed by atoms with E-state index in [1.165, 1.54) is 0 Å². The van der Waals surface area contributed by atoms with E-state index in [2.05, 4.69) is 29.4 Å². The molecule has 0 aromatic heterocycles. The molecule has 0 bridgehead atoms. The number of rotatable bonds is 8. The SMILES string of the molecule is CC(C)CC(CNC(=O)COc1ccc2c(c1)CCC(=O)N2)N1CCOCC1. The van der Waals surface area contributed by atoms with Crippen LogP contribution in [0.15, 0.2) is 18.2 Å². The van der Waals surface area contributed by atoms with Crippen molar-refractivity contribution in [2.24, 2.45) is 5.92 Å². The minimum Gasteiger partial charge on any atom is -0.484 e. The molecule has 7 nitrogen and oxygen atoms in total. The van der Waals surface area contributed by atoms with Gasteiger partial charge in [-0.1, -0.05) is 13.8 Å². The molecule has 2 heterocycles. The van der Waals surface area contributed by atoms with E-state index in [-0.39, 0.29) is 18.4 Å². The Bertz CT molecular complexity index is 686. The van der Waals surface area contributed by atoms with Gasteiger partial charge in [0, 0.05) is 37.8 Å². The number of anilines is 1. The third kappa shape index (κ3) is 5.94. The van der Waals surface area contributed by atoms with Crippen LogP contribution in [-0.4, -0.2) is 62.2 Å². The number of fused-ring (bicyclic) bond motifs is 1. The molecule has 2 amide bonds. The molecule has 28 heavy (non-hydrogen) atoms. The molecule has 0 aliphatic carbocycles. The highest BCUT2D eigenvalue weighted by Crippen LogP contribution is 2.26. The topological polar surface area (TPSA) is 79.9 Å². The van der Waals surface area contributed by atoms with E-state index in [9.17, 15) is 9.59 Å². The average molecular weight is 389 g/mol. The summed E-state index contributed by atoms with van der Waals surface area (Å²) in [5.74, 6) is 1.14. The van der Waals surface area contributed by atoms with E-state index in [0.29, 0.717) is 37.1 Å². The van der Waals surface area contributed by atoms with Crippen LogP contribution in [0.1, 0.15) is 32.3 Å². The summed E-state index contributed by atoms with van der Waals surface area (Å²) in [6.07, 6.45) is 2.22. The Morgan fingerprint density at radius 3 is 2.82 bits per heavy atom. The van der Waals surface area contributed by atoms with E-state index >= 15 is 0 Å². The van der Waals surface area contributed by atoms with Gasteiger partial charge in [0.1, 0.15) is 5.75 Å². The van der Waals surface area contributed by atoms with Crippen molar-refractivity contribution in [1.29, 1.82) is 0 Å². The molecule has 1 aromatic carbocycles. The summed E-state index contributed by atoms with van der Waals surface area (Å²) in [6, 6.07) is 5.83. The summed E-state index contributed by atoms with van der Waals surface area (Å²) in [5, 5.41) is 5.86. The Kier molecular flexibility index (Phi) is 7.28. The van der Waals surface area contributed by atoms with E-state index in [1.54, 1.807) is 6.07 Å². The highest BCUT2D eigenvalue weighted by atomic mass is 16.5. The molecule has 1 fully saturated rings. The molecular weight excluding hydrogens is 358 g/mol. The average Bonchev–Trinajstić information content (AvgIpc) is 2.70. The largest absolute Gasteiger partial charge is 0.484 e. The van der Waals surface area contributed by atoms with Gasteiger partial charge in [0.05, 0.1) is 13.2 Å². The Morgan fingerprint density at radius 2 is 2.07 bits per heavy atom. The summed E-state index contributed by atoms with van der Waals surface area (Å²) >= 11 is 0. The quantitative estimate of drug-likeness (QED) is 0.709. The second-order valence-corrected chi connectivity index (χ2v) is 7.89. The maximum absolute atomic E-state index is 12.3. The van der Waals surface area contributed by atoms with Gasteiger partial charge in [0.2, 0.25) is 5.91 Å². The lowest BCUT2D eigenvalue weighted by atomic mass is 10.0. The number of carbonyl (C=O) groups excluding carboxylic acids is 2. The number of hydrogen-bond donors (Lipinski definition) is 2. The van der Waals surface area contributed by atoms with Crippen molar-refractivity contribution in [2.75, 3.05) is 44.8 Å². The van der Waals surface area contributed by atoms with Crippen molar-refractivity contribution in [1.82, 2.24) is 10.2 Å². The third-order valence-corrected chi connectivity index (χ3v) is 5.18. The summed E-state index contributed by atoms with van der Waals surface area (Å²) in [5.41, 5.74) is 1.87. The summed E-state index contributed by atoms with van der Waals surface area (Å²) in [4.78, 5) is 26.1. The van der Waals surface area contributed by atoms with Gasteiger partial charge in [-0.15, -0.1) is 0 Å². The fraction of sp³-hybridized carbons (Fsp3) is 0.619. The standard InChI is InChI=1S/C21H31N3O4/c1-15(2)11-17(24-7-9-27-10-8-24)13-22-21(26)14-28-18-4-5-19-16(12-18)3-6-20(25)23-19/h4-5,12,15,17H,3,6-11,13-14H2,1-2H3,(H,22,26)(H,23,25). The number of morpholine rings is 1. The summed E-state index contributed by atoms with van der Waals surface area (Å²) in [6.45, 7) is 8.35. The summed E-state index contributed by atoms with van der Waals surface area (Å²) in [7, 11) is 0. The number of aryl methyl sites for hydroxylation is 1. The molecule has 1 atom stereocenters. The first kappa shape index (κ1) is 20.6. The van der Waals surface area contributed by atoms with Crippen LogP contribution in [-0.2, 0) is 20.7 Å². The lowest BCUT2D eigenvalue weighted by molar-refractivity contribution is -0.123. The number of benzene rings is 1. The van der Waals surface area contributed by atoms with Crippen LogP contribution < -0.4 is 15.4 Å². The van der Waals surface area contributed by atoms with Gasteiger partial charge in [-0.25, -0.2) is 0 Å². The van der Waals surface area contributed by atoms with Gasteiger partial charge in [-0.3, -0.25) is 14.5 Å². The normalized spacial score (nSPS) is 18.3. The number of ether oxygens (including phenoxy) is 2. The molecule has 0 radical (unpaired) electrons. The number of nitrogens with one attached hydrogen (secondary N) is 2. The van der Waals surface area contributed by atoms with Crippen LogP contribution in [0.3, 0.4) is 0 Å². The van der Waals surface area contributed by atoms with Crippen LogP contribution in [0.4, 0.5) is 5.69 Å². The van der Waals surface area contributed by atoms with Gasteiger partial charge in [-0.05, 0) is 42.5 Å². The summed E-state index contributed by atoms with van der Waals surface area (Å²) < 4.78 is 11.1. The predicted octanol–water partition coefficient (Wildman–Crippen LogP) is 1.81. The van der Waals surface area contributed by atoms with Crippen LogP contribution in [0.5, 0.6) is 5.75 Å². The molecule has 0 spiro atoms. The van der Waals surface area contributed by atoms with E-state index in [1.807, 2.05) is 12.1 Å². The predicted molar refractivity (Wildman–Crippen MR) is 108 cm³/mol. The van der Waals surface area contributed by atoms with Crippen LogP contribution in [0, 0.1) is 5.92 Å². The van der Waals surface area contributed by atoms with Crippen LogP contribution in [0.25, 0.3) is 0 Å². The number of hydrogen-bond acceptors (Lipinski definition) is 5. The lowest BCUT2D eigenvalue weighted by Gasteiger charge is -2.35. The molecule has 7 heteroatoms. The Labute approximate surface area is 166 Å². The fourth-order valence-corrected chi connectivity index (χ4v) is 3.73. The highest BCUT2D eigenvalue weighted by molar-refractivity contribution is 5.94. The van der Waals surface area contributed by atoms with E-state index < -0.39 is 0 Å². The molecule has 154 valence electrons. The maximum Gasteiger partial charge on any atom is 0.257 e. The second-order valence-electron chi connectivity index (χ2n) is 7.89. The Hall–Kier alpha value is -2.12. The minimum absolute atomic E-state index is 0.0113. The zero-order chi connectivity index (χ0) is 19.9. The maximum atomic E-state index is 12.3. The first-order chi connectivity index (χ1) is 13.5. The van der Waals surface area contributed by atoms with Gasteiger partial charge in [-0.2, -0.15) is 0 Å². The monoisotopic (exact) mass is 389 g/mol. The van der Waals surface area contributed by atoms with Crippen molar-refractivity contribution >= 4 is 17.5 Å². The number of amides is 2. The fourth-order valence-electron chi connectivity index (χ4n) is 3.73. The van der Waals surface area contributed by atoms with Crippen molar-refractivity contribution in [3.63, 3.8) is 0 Å².